The van der Waals surface area contributed by atoms with Gasteiger partial charge in [0.25, 0.3) is 0 Å². The summed E-state index contributed by atoms with van der Waals surface area (Å²) in [7, 11) is 0. The van der Waals surface area contributed by atoms with E-state index in [4.69, 9.17) is 23.7 Å². The van der Waals surface area contributed by atoms with Crippen LogP contribution in [-0.2, 0) is 23.7 Å². The van der Waals surface area contributed by atoms with Crippen molar-refractivity contribution in [3.63, 3.8) is 0 Å². The Morgan fingerprint density at radius 3 is 1.35 bits per heavy atom. The van der Waals surface area contributed by atoms with E-state index in [0.717, 1.165) is 0 Å². The van der Waals surface area contributed by atoms with E-state index in [2.05, 4.69) is 0 Å². The summed E-state index contributed by atoms with van der Waals surface area (Å²) in [4.78, 5) is 0. The van der Waals surface area contributed by atoms with Crippen molar-refractivity contribution in [1.82, 2.24) is 0 Å². The third kappa shape index (κ3) is 5.37. The van der Waals surface area contributed by atoms with E-state index in [9.17, 15) is 56.2 Å². The molecule has 0 aromatic carbocycles. The molecule has 0 bridgehead atoms. The van der Waals surface area contributed by atoms with Gasteiger partial charge in [-0.15, -0.1) is 0 Å². The summed E-state index contributed by atoms with van der Waals surface area (Å²) < 4.78 is 26.4. The van der Waals surface area contributed by atoms with Crippen molar-refractivity contribution < 1.29 is 79.9 Å². The van der Waals surface area contributed by atoms with Gasteiger partial charge in [-0.25, -0.2) is 0 Å². The Labute approximate surface area is 192 Å². The lowest BCUT2D eigenvalue weighted by atomic mass is 9.96. The van der Waals surface area contributed by atoms with Crippen LogP contribution in [0.1, 0.15) is 0 Å². The van der Waals surface area contributed by atoms with Gasteiger partial charge in [0.05, 0.1) is 19.8 Å². The maximum atomic E-state index is 10.6. The summed E-state index contributed by atoms with van der Waals surface area (Å²) in [6, 6.07) is 0. The molecular weight excluding hydrogens is 472 g/mol. The van der Waals surface area contributed by atoms with Crippen LogP contribution in [0.3, 0.4) is 0 Å². The van der Waals surface area contributed by atoms with Crippen LogP contribution in [0.4, 0.5) is 0 Å². The van der Waals surface area contributed by atoms with Crippen molar-refractivity contribution in [1.29, 1.82) is 0 Å². The van der Waals surface area contributed by atoms with Crippen molar-refractivity contribution >= 4 is 0 Å². The fourth-order valence-electron chi connectivity index (χ4n) is 4.06. The Bertz CT molecular complexity index is 635. The summed E-state index contributed by atoms with van der Waals surface area (Å²) in [5.41, 5.74) is 0. The lowest BCUT2D eigenvalue weighted by molar-refractivity contribution is -0.377. The number of aliphatic hydroxyl groups is 11. The maximum Gasteiger partial charge on any atom is 0.187 e. The van der Waals surface area contributed by atoms with Crippen LogP contribution in [0.2, 0.25) is 0 Å². The number of ether oxygens (including phenoxy) is 5. The van der Waals surface area contributed by atoms with E-state index in [-0.39, 0.29) is 0 Å². The Balaban J connectivity index is 1.72. The number of aliphatic hydroxyl groups excluding tert-OH is 11. The van der Waals surface area contributed by atoms with E-state index in [0.29, 0.717) is 0 Å². The van der Waals surface area contributed by atoms with Crippen molar-refractivity contribution in [2.24, 2.45) is 0 Å². The molecule has 16 nitrogen and oxygen atoms in total. The molecule has 0 saturated carbocycles. The lowest BCUT2D eigenvalue weighted by Crippen LogP contribution is -2.66. The summed E-state index contributed by atoms with van der Waals surface area (Å²) in [5, 5.41) is 109. The van der Waals surface area contributed by atoms with Gasteiger partial charge in [-0.3, -0.25) is 0 Å². The SMILES string of the molecule is OCC1O[C@H](O[C@@H]2C(CO)O[C@H](O[C@@H]3C(CO)O[C@H](O)C(O)C3O)C(O)C2O)C(O)C(O)[C@@H]1O. The Hall–Kier alpha value is -0.640. The Morgan fingerprint density at radius 1 is 0.441 bits per heavy atom. The first kappa shape index (κ1) is 27.9. The standard InChI is InChI=1S/C18H32O16/c19-1-4-7(22)8(23)12(27)17(31-4)34-15-6(3-21)32-18(13(28)10(15)25)33-14-5(2-20)30-16(29)11(26)9(14)24/h4-29H,1-3H2/t4?,5?,6?,7-,8?,9?,10?,11?,12?,13?,14-,15-,16+,17-,18-/m1/s1. The summed E-state index contributed by atoms with van der Waals surface area (Å²) in [6.07, 6.45) is -25.1. The van der Waals surface area contributed by atoms with Crippen LogP contribution in [0.5, 0.6) is 0 Å². The van der Waals surface area contributed by atoms with Gasteiger partial charge >= 0.3 is 0 Å². The summed E-state index contributed by atoms with van der Waals surface area (Å²) in [5.74, 6) is 0. The van der Waals surface area contributed by atoms with Crippen LogP contribution in [0.25, 0.3) is 0 Å². The van der Waals surface area contributed by atoms with E-state index >= 15 is 0 Å². The molecule has 3 aliphatic rings. The lowest BCUT2D eigenvalue weighted by Gasteiger charge is -2.47. The average Bonchev–Trinajstić information content (AvgIpc) is 2.83. The predicted molar refractivity (Wildman–Crippen MR) is 101 cm³/mol. The average molecular weight is 504 g/mol. The molecular formula is C18H32O16. The molecule has 3 heterocycles. The van der Waals surface area contributed by atoms with Gasteiger partial charge in [0.1, 0.15) is 73.2 Å². The molecule has 200 valence electrons. The quantitative estimate of drug-likeness (QED) is 0.154. The minimum atomic E-state index is -1.91. The summed E-state index contributed by atoms with van der Waals surface area (Å²) >= 11 is 0. The molecule has 34 heavy (non-hydrogen) atoms. The van der Waals surface area contributed by atoms with Gasteiger partial charge in [0.2, 0.25) is 0 Å². The van der Waals surface area contributed by atoms with Crippen LogP contribution >= 0.6 is 0 Å². The van der Waals surface area contributed by atoms with Crippen molar-refractivity contribution in [3.05, 3.63) is 0 Å². The number of hydrogen-bond donors (Lipinski definition) is 11. The molecule has 3 fully saturated rings. The zero-order chi connectivity index (χ0) is 25.3. The second kappa shape index (κ2) is 11.6. The molecule has 0 spiro atoms. The van der Waals surface area contributed by atoms with Crippen LogP contribution < -0.4 is 0 Å². The van der Waals surface area contributed by atoms with E-state index in [1.165, 1.54) is 0 Å². The maximum absolute atomic E-state index is 10.6. The molecule has 9 unspecified atom stereocenters. The van der Waals surface area contributed by atoms with Crippen molar-refractivity contribution in [3.8, 4) is 0 Å². The monoisotopic (exact) mass is 504 g/mol. The highest BCUT2D eigenvalue weighted by Crippen LogP contribution is 2.32. The summed E-state index contributed by atoms with van der Waals surface area (Å²) in [6.45, 7) is -2.32. The van der Waals surface area contributed by atoms with E-state index in [1.54, 1.807) is 0 Å². The molecule has 0 aromatic rings. The molecule has 0 aromatic heterocycles. The van der Waals surface area contributed by atoms with Crippen molar-refractivity contribution in [2.45, 2.75) is 92.1 Å². The highest BCUT2D eigenvalue weighted by atomic mass is 16.8. The van der Waals surface area contributed by atoms with Gasteiger partial charge in [0.15, 0.2) is 18.9 Å². The fourth-order valence-corrected chi connectivity index (χ4v) is 4.06. The minimum Gasteiger partial charge on any atom is -0.394 e. The first-order chi connectivity index (χ1) is 16.0. The highest BCUT2D eigenvalue weighted by Gasteiger charge is 2.53. The first-order valence-electron chi connectivity index (χ1n) is 10.6. The smallest absolute Gasteiger partial charge is 0.187 e. The van der Waals surface area contributed by atoms with Gasteiger partial charge in [-0.1, -0.05) is 0 Å². The normalized spacial score (nSPS) is 52.5. The zero-order valence-electron chi connectivity index (χ0n) is 17.7. The van der Waals surface area contributed by atoms with Gasteiger partial charge in [-0.05, 0) is 0 Å². The molecule has 3 saturated heterocycles. The van der Waals surface area contributed by atoms with E-state index < -0.39 is 112 Å². The molecule has 3 rings (SSSR count). The Kier molecular flexibility index (Phi) is 9.54. The van der Waals surface area contributed by atoms with Gasteiger partial charge in [-0.2, -0.15) is 0 Å². The van der Waals surface area contributed by atoms with Crippen LogP contribution in [-0.4, -0.2) is 168 Å². The highest BCUT2D eigenvalue weighted by molar-refractivity contribution is 4.96. The Morgan fingerprint density at radius 2 is 0.853 bits per heavy atom. The van der Waals surface area contributed by atoms with E-state index in [1.807, 2.05) is 0 Å². The largest absolute Gasteiger partial charge is 0.394 e. The number of rotatable bonds is 7. The zero-order valence-corrected chi connectivity index (χ0v) is 17.7. The second-order valence-electron chi connectivity index (χ2n) is 8.33. The number of hydrogen-bond acceptors (Lipinski definition) is 16. The van der Waals surface area contributed by atoms with Gasteiger partial charge in [0, 0.05) is 0 Å². The fraction of sp³-hybridized carbons (Fsp3) is 1.00. The first-order valence-corrected chi connectivity index (χ1v) is 10.6. The molecule has 15 atom stereocenters. The third-order valence-corrected chi connectivity index (χ3v) is 6.09. The predicted octanol–water partition coefficient (Wildman–Crippen LogP) is -7.57. The molecule has 3 aliphatic heterocycles. The molecule has 0 amide bonds. The van der Waals surface area contributed by atoms with Crippen LogP contribution in [0, 0.1) is 0 Å². The minimum absolute atomic E-state index is 0.741. The topological polar surface area (TPSA) is 269 Å². The second-order valence-corrected chi connectivity index (χ2v) is 8.33. The molecule has 0 radical (unpaired) electrons. The molecule has 0 aliphatic carbocycles. The van der Waals surface area contributed by atoms with Crippen molar-refractivity contribution in [2.75, 3.05) is 19.8 Å². The van der Waals surface area contributed by atoms with Gasteiger partial charge < -0.3 is 79.9 Å². The molecule has 16 heteroatoms. The molecule has 11 N–H and O–H groups in total. The van der Waals surface area contributed by atoms with Crippen LogP contribution in [0.15, 0.2) is 0 Å². The third-order valence-electron chi connectivity index (χ3n) is 6.09.